The molecule has 0 fully saturated rings. The van der Waals surface area contributed by atoms with Crippen LogP contribution in [-0.2, 0) is 6.42 Å². The quantitative estimate of drug-likeness (QED) is 0.934. The Morgan fingerprint density at radius 3 is 2.94 bits per heavy atom. The zero-order valence-electron chi connectivity index (χ0n) is 9.26. The van der Waals surface area contributed by atoms with Crippen molar-refractivity contribution in [2.75, 3.05) is 0 Å². The van der Waals surface area contributed by atoms with Crippen LogP contribution >= 0.6 is 39.2 Å². The standard InChI is InChI=1S/C11H12BrN3S2/c1-7(13)4-8-2-3-10(9(12)5-8)16-11-14-6-15-17-11/h2-3,5-7H,4,13H2,1H3. The number of halogens is 1. The Kier molecular flexibility index (Phi) is 4.55. The van der Waals surface area contributed by atoms with Crippen LogP contribution in [0.5, 0.6) is 0 Å². The van der Waals surface area contributed by atoms with Crippen molar-refractivity contribution in [3.8, 4) is 0 Å². The summed E-state index contributed by atoms with van der Waals surface area (Å²) in [6.07, 6.45) is 2.47. The molecule has 0 saturated carbocycles. The molecule has 6 heteroatoms. The van der Waals surface area contributed by atoms with E-state index in [0.717, 1.165) is 20.1 Å². The van der Waals surface area contributed by atoms with E-state index in [2.05, 4.69) is 43.5 Å². The van der Waals surface area contributed by atoms with Gasteiger partial charge in [-0.1, -0.05) is 17.8 Å². The van der Waals surface area contributed by atoms with E-state index in [1.807, 2.05) is 6.92 Å². The molecule has 90 valence electrons. The summed E-state index contributed by atoms with van der Waals surface area (Å²) in [5.41, 5.74) is 7.03. The molecule has 0 spiro atoms. The maximum atomic E-state index is 5.79. The fraction of sp³-hybridized carbons (Fsp3) is 0.273. The summed E-state index contributed by atoms with van der Waals surface area (Å²) in [5, 5.41) is 0. The molecular formula is C11H12BrN3S2. The van der Waals surface area contributed by atoms with Gasteiger partial charge in [-0.15, -0.1) is 0 Å². The highest BCUT2D eigenvalue weighted by molar-refractivity contribution is 9.10. The van der Waals surface area contributed by atoms with Gasteiger partial charge in [0, 0.05) is 15.4 Å². The number of aromatic nitrogens is 2. The molecule has 1 atom stereocenters. The first-order chi connectivity index (χ1) is 8.15. The summed E-state index contributed by atoms with van der Waals surface area (Å²) < 4.78 is 6.01. The maximum absolute atomic E-state index is 5.79. The Hall–Kier alpha value is -0.430. The average Bonchev–Trinajstić information content (AvgIpc) is 2.74. The first-order valence-corrected chi connectivity index (χ1v) is 7.52. The lowest BCUT2D eigenvalue weighted by Gasteiger charge is -2.08. The van der Waals surface area contributed by atoms with Crippen molar-refractivity contribution in [3.63, 3.8) is 0 Å². The molecule has 17 heavy (non-hydrogen) atoms. The van der Waals surface area contributed by atoms with Crippen molar-refractivity contribution in [2.45, 2.75) is 28.6 Å². The molecule has 0 bridgehead atoms. The Balaban J connectivity index is 2.14. The molecule has 3 nitrogen and oxygen atoms in total. The second kappa shape index (κ2) is 5.95. The molecule has 0 saturated heterocycles. The molecule has 0 aliphatic rings. The van der Waals surface area contributed by atoms with Crippen LogP contribution in [0.15, 0.2) is 38.2 Å². The van der Waals surface area contributed by atoms with Crippen LogP contribution in [0, 0.1) is 0 Å². The summed E-state index contributed by atoms with van der Waals surface area (Å²) in [6.45, 7) is 2.01. The number of hydrogen-bond donors (Lipinski definition) is 1. The highest BCUT2D eigenvalue weighted by Gasteiger charge is 2.07. The van der Waals surface area contributed by atoms with Gasteiger partial charge in [0.05, 0.1) is 0 Å². The van der Waals surface area contributed by atoms with Crippen molar-refractivity contribution >= 4 is 39.2 Å². The van der Waals surface area contributed by atoms with Crippen LogP contribution in [0.3, 0.4) is 0 Å². The van der Waals surface area contributed by atoms with Crippen molar-refractivity contribution in [3.05, 3.63) is 34.6 Å². The van der Waals surface area contributed by atoms with Gasteiger partial charge in [0.25, 0.3) is 0 Å². The lowest BCUT2D eigenvalue weighted by atomic mass is 10.1. The largest absolute Gasteiger partial charge is 0.328 e. The highest BCUT2D eigenvalue weighted by Crippen LogP contribution is 2.34. The van der Waals surface area contributed by atoms with Crippen LogP contribution in [0.25, 0.3) is 0 Å². The second-order valence-electron chi connectivity index (χ2n) is 3.76. The van der Waals surface area contributed by atoms with Crippen LogP contribution < -0.4 is 5.73 Å². The van der Waals surface area contributed by atoms with Gasteiger partial charge in [0.1, 0.15) is 6.33 Å². The Labute approximate surface area is 117 Å². The fourth-order valence-corrected chi connectivity index (χ4v) is 3.50. The van der Waals surface area contributed by atoms with E-state index in [0.29, 0.717) is 0 Å². The van der Waals surface area contributed by atoms with E-state index in [1.165, 1.54) is 17.1 Å². The van der Waals surface area contributed by atoms with Gasteiger partial charge >= 0.3 is 0 Å². The molecule has 0 amide bonds. The van der Waals surface area contributed by atoms with E-state index in [-0.39, 0.29) is 6.04 Å². The van der Waals surface area contributed by atoms with Gasteiger partial charge < -0.3 is 5.73 Å². The van der Waals surface area contributed by atoms with Crippen molar-refractivity contribution in [1.82, 2.24) is 9.36 Å². The van der Waals surface area contributed by atoms with Crippen LogP contribution in [0.1, 0.15) is 12.5 Å². The van der Waals surface area contributed by atoms with E-state index < -0.39 is 0 Å². The zero-order chi connectivity index (χ0) is 12.3. The molecule has 2 N–H and O–H groups in total. The van der Waals surface area contributed by atoms with Crippen LogP contribution in [0.4, 0.5) is 0 Å². The van der Waals surface area contributed by atoms with Crippen LogP contribution in [0.2, 0.25) is 0 Å². The first kappa shape index (κ1) is 13.0. The van der Waals surface area contributed by atoms with Crippen molar-refractivity contribution in [1.29, 1.82) is 0 Å². The minimum absolute atomic E-state index is 0.184. The SMILES string of the molecule is CC(N)Cc1ccc(Sc2ncns2)c(Br)c1. The topological polar surface area (TPSA) is 51.8 Å². The Morgan fingerprint density at radius 1 is 1.53 bits per heavy atom. The minimum Gasteiger partial charge on any atom is -0.328 e. The predicted molar refractivity (Wildman–Crippen MR) is 75.5 cm³/mol. The third-order valence-electron chi connectivity index (χ3n) is 2.09. The first-order valence-electron chi connectivity index (χ1n) is 5.13. The summed E-state index contributed by atoms with van der Waals surface area (Å²) >= 11 is 6.60. The normalized spacial score (nSPS) is 12.6. The summed E-state index contributed by atoms with van der Waals surface area (Å²) in [7, 11) is 0. The lowest BCUT2D eigenvalue weighted by Crippen LogP contribution is -2.17. The lowest BCUT2D eigenvalue weighted by molar-refractivity contribution is 0.737. The van der Waals surface area contributed by atoms with E-state index in [9.17, 15) is 0 Å². The molecule has 2 aromatic rings. The molecule has 1 aromatic heterocycles. The maximum Gasteiger partial charge on any atom is 0.174 e. The van der Waals surface area contributed by atoms with E-state index in [1.54, 1.807) is 18.1 Å². The molecule has 0 radical (unpaired) electrons. The third kappa shape index (κ3) is 3.77. The second-order valence-corrected chi connectivity index (χ2v) is 6.68. The average molecular weight is 330 g/mol. The fourth-order valence-electron chi connectivity index (χ4n) is 1.43. The van der Waals surface area contributed by atoms with Gasteiger partial charge in [0.15, 0.2) is 4.34 Å². The zero-order valence-corrected chi connectivity index (χ0v) is 12.5. The number of hydrogen-bond acceptors (Lipinski definition) is 5. The third-order valence-corrected chi connectivity index (χ3v) is 4.80. The highest BCUT2D eigenvalue weighted by atomic mass is 79.9. The number of benzene rings is 1. The molecular weight excluding hydrogens is 318 g/mol. The monoisotopic (exact) mass is 329 g/mol. The van der Waals surface area contributed by atoms with Gasteiger partial charge in [-0.05, 0) is 58.5 Å². The summed E-state index contributed by atoms with van der Waals surface area (Å²) in [6, 6.07) is 6.50. The molecule has 2 rings (SSSR count). The smallest absolute Gasteiger partial charge is 0.174 e. The van der Waals surface area contributed by atoms with E-state index >= 15 is 0 Å². The van der Waals surface area contributed by atoms with Crippen molar-refractivity contribution < 1.29 is 0 Å². The van der Waals surface area contributed by atoms with Gasteiger partial charge in [-0.3, -0.25) is 0 Å². The molecule has 1 unspecified atom stereocenters. The van der Waals surface area contributed by atoms with E-state index in [4.69, 9.17) is 5.73 Å². The molecule has 0 aliphatic heterocycles. The van der Waals surface area contributed by atoms with Gasteiger partial charge in [-0.2, -0.15) is 4.37 Å². The predicted octanol–water partition coefficient (Wildman–Crippen LogP) is 3.34. The van der Waals surface area contributed by atoms with Crippen LogP contribution in [-0.4, -0.2) is 15.4 Å². The number of nitrogens with zero attached hydrogens (tertiary/aromatic N) is 2. The van der Waals surface area contributed by atoms with Crippen molar-refractivity contribution in [2.24, 2.45) is 5.73 Å². The van der Waals surface area contributed by atoms with Gasteiger partial charge in [-0.25, -0.2) is 4.98 Å². The molecule has 1 heterocycles. The Morgan fingerprint density at radius 2 is 2.35 bits per heavy atom. The summed E-state index contributed by atoms with van der Waals surface area (Å²) in [5.74, 6) is 0. The number of rotatable bonds is 4. The molecule has 1 aromatic carbocycles. The van der Waals surface area contributed by atoms with Gasteiger partial charge in [0.2, 0.25) is 0 Å². The number of nitrogens with two attached hydrogens (primary N) is 1. The summed E-state index contributed by atoms with van der Waals surface area (Å²) in [4.78, 5) is 5.30. The molecule has 0 aliphatic carbocycles. The minimum atomic E-state index is 0.184. The Bertz CT molecular complexity index is 485.